The van der Waals surface area contributed by atoms with Crippen LogP contribution in [0.1, 0.15) is 12.8 Å². The third-order valence-electron chi connectivity index (χ3n) is 4.55. The summed E-state index contributed by atoms with van der Waals surface area (Å²) in [5.74, 6) is 0.984. The van der Waals surface area contributed by atoms with Gasteiger partial charge in [0.25, 0.3) is 0 Å². The van der Waals surface area contributed by atoms with Crippen molar-refractivity contribution in [2.45, 2.75) is 18.9 Å². The fourth-order valence-electron chi connectivity index (χ4n) is 3.16. The summed E-state index contributed by atoms with van der Waals surface area (Å²) in [5.41, 5.74) is 0.963. The maximum Gasteiger partial charge on any atom is 0.317 e. The molecule has 0 saturated carbocycles. The highest BCUT2D eigenvalue weighted by molar-refractivity contribution is 5.89. The molecule has 1 fully saturated rings. The topological polar surface area (TPSA) is 61.4 Å². The molecule has 6 nitrogen and oxygen atoms in total. The quantitative estimate of drug-likeness (QED) is 0.877. The predicted molar refractivity (Wildman–Crippen MR) is 96.1 cm³/mol. The van der Waals surface area contributed by atoms with Gasteiger partial charge in [-0.1, -0.05) is 18.2 Å². The highest BCUT2D eigenvalue weighted by Gasteiger charge is 2.26. The van der Waals surface area contributed by atoms with Crippen LogP contribution in [0.15, 0.2) is 43.2 Å². The molecular formula is C18H23N5O. The van der Waals surface area contributed by atoms with Gasteiger partial charge in [-0.05, 0) is 25.0 Å². The summed E-state index contributed by atoms with van der Waals surface area (Å²) < 4.78 is 0. The Morgan fingerprint density at radius 1 is 1.38 bits per heavy atom. The molecule has 0 spiro atoms. The molecule has 1 saturated heterocycles. The number of nitrogens with zero attached hydrogens (tertiary/aromatic N) is 4. The smallest absolute Gasteiger partial charge is 0.317 e. The van der Waals surface area contributed by atoms with Crippen molar-refractivity contribution in [3.05, 3.63) is 43.2 Å². The molecule has 0 radical (unpaired) electrons. The SMILES string of the molecule is C=CCNC(=O)N(C)C1CCN(c2ncnc3ccccc23)CC1. The van der Waals surface area contributed by atoms with Crippen molar-refractivity contribution < 1.29 is 4.79 Å². The molecule has 24 heavy (non-hydrogen) atoms. The third kappa shape index (κ3) is 3.32. The first-order chi connectivity index (χ1) is 11.7. The first-order valence-corrected chi connectivity index (χ1v) is 8.27. The average molecular weight is 325 g/mol. The molecule has 0 bridgehead atoms. The molecule has 0 atom stereocenters. The largest absolute Gasteiger partial charge is 0.356 e. The minimum atomic E-state index is -0.0409. The van der Waals surface area contributed by atoms with Crippen LogP contribution in [0.25, 0.3) is 10.9 Å². The second-order valence-corrected chi connectivity index (χ2v) is 6.02. The summed E-state index contributed by atoms with van der Waals surface area (Å²) in [4.78, 5) is 25.0. The Bertz CT molecular complexity index is 719. The molecule has 2 amide bonds. The number of rotatable bonds is 4. The zero-order valence-electron chi connectivity index (χ0n) is 14.0. The Morgan fingerprint density at radius 2 is 2.12 bits per heavy atom. The van der Waals surface area contributed by atoms with E-state index in [4.69, 9.17) is 0 Å². The summed E-state index contributed by atoms with van der Waals surface area (Å²) in [6, 6.07) is 8.28. The summed E-state index contributed by atoms with van der Waals surface area (Å²) >= 11 is 0. The van der Waals surface area contributed by atoms with Crippen LogP contribution in [-0.4, -0.2) is 53.6 Å². The van der Waals surface area contributed by atoms with Gasteiger partial charge in [0.15, 0.2) is 0 Å². The molecule has 6 heteroatoms. The summed E-state index contributed by atoms with van der Waals surface area (Å²) in [5, 5.41) is 3.91. The van der Waals surface area contributed by atoms with E-state index in [0.717, 1.165) is 42.7 Å². The van der Waals surface area contributed by atoms with E-state index in [-0.39, 0.29) is 12.1 Å². The second-order valence-electron chi connectivity index (χ2n) is 6.02. The number of fused-ring (bicyclic) bond motifs is 1. The minimum absolute atomic E-state index is 0.0409. The van der Waals surface area contributed by atoms with E-state index in [0.29, 0.717) is 6.54 Å². The number of carbonyl (C=O) groups excluding carboxylic acids is 1. The molecule has 0 unspecified atom stereocenters. The van der Waals surface area contributed by atoms with Gasteiger partial charge in [0, 0.05) is 38.1 Å². The zero-order chi connectivity index (χ0) is 16.9. The van der Waals surface area contributed by atoms with E-state index in [1.54, 1.807) is 17.3 Å². The molecule has 1 aliphatic heterocycles. The number of aromatic nitrogens is 2. The van der Waals surface area contributed by atoms with E-state index in [1.807, 2.05) is 25.2 Å². The number of hydrogen-bond donors (Lipinski definition) is 1. The number of para-hydroxylation sites is 1. The lowest BCUT2D eigenvalue weighted by molar-refractivity contribution is 0.181. The number of piperidine rings is 1. The Kier molecular flexibility index (Phi) is 4.93. The van der Waals surface area contributed by atoms with E-state index < -0.39 is 0 Å². The van der Waals surface area contributed by atoms with Crippen molar-refractivity contribution in [1.82, 2.24) is 20.2 Å². The Balaban J connectivity index is 1.66. The molecule has 1 aromatic carbocycles. The first-order valence-electron chi connectivity index (χ1n) is 8.27. The van der Waals surface area contributed by atoms with E-state index in [9.17, 15) is 4.79 Å². The van der Waals surface area contributed by atoms with E-state index in [2.05, 4.69) is 32.8 Å². The number of hydrogen-bond acceptors (Lipinski definition) is 4. The van der Waals surface area contributed by atoms with Crippen molar-refractivity contribution in [1.29, 1.82) is 0 Å². The predicted octanol–water partition coefficient (Wildman–Crippen LogP) is 2.43. The molecule has 0 aliphatic carbocycles. The number of benzene rings is 1. The number of nitrogens with one attached hydrogen (secondary N) is 1. The maximum atomic E-state index is 12.1. The number of urea groups is 1. The fourth-order valence-corrected chi connectivity index (χ4v) is 3.16. The van der Waals surface area contributed by atoms with Crippen LogP contribution in [-0.2, 0) is 0 Å². The van der Waals surface area contributed by atoms with Crippen molar-refractivity contribution in [3.63, 3.8) is 0 Å². The van der Waals surface area contributed by atoms with E-state index in [1.165, 1.54) is 0 Å². The molecule has 2 heterocycles. The van der Waals surface area contributed by atoms with Gasteiger partial charge in [0.1, 0.15) is 12.1 Å². The summed E-state index contributed by atoms with van der Waals surface area (Å²) in [6.07, 6.45) is 5.17. The van der Waals surface area contributed by atoms with Crippen LogP contribution in [0.5, 0.6) is 0 Å². The van der Waals surface area contributed by atoms with Crippen LogP contribution < -0.4 is 10.2 Å². The Morgan fingerprint density at radius 3 is 2.88 bits per heavy atom. The molecule has 1 aliphatic rings. The molecule has 3 rings (SSSR count). The van der Waals surface area contributed by atoms with Crippen molar-refractivity contribution in [3.8, 4) is 0 Å². The third-order valence-corrected chi connectivity index (χ3v) is 4.55. The second kappa shape index (κ2) is 7.29. The van der Waals surface area contributed by atoms with Gasteiger partial charge in [0.2, 0.25) is 0 Å². The maximum absolute atomic E-state index is 12.1. The molecular weight excluding hydrogens is 302 g/mol. The van der Waals surface area contributed by atoms with Crippen LogP contribution in [0, 0.1) is 0 Å². The normalized spacial score (nSPS) is 15.3. The van der Waals surface area contributed by atoms with E-state index >= 15 is 0 Å². The van der Waals surface area contributed by atoms with Crippen molar-refractivity contribution in [2.75, 3.05) is 31.6 Å². The summed E-state index contributed by atoms with van der Waals surface area (Å²) in [7, 11) is 1.86. The number of amides is 2. The molecule has 1 aromatic heterocycles. The van der Waals surface area contributed by atoms with Crippen LogP contribution in [0.2, 0.25) is 0 Å². The van der Waals surface area contributed by atoms with Gasteiger partial charge in [0.05, 0.1) is 5.52 Å². The minimum Gasteiger partial charge on any atom is -0.356 e. The highest BCUT2D eigenvalue weighted by atomic mass is 16.2. The molecule has 2 aromatic rings. The van der Waals surface area contributed by atoms with Gasteiger partial charge >= 0.3 is 6.03 Å². The van der Waals surface area contributed by atoms with Crippen molar-refractivity contribution in [2.24, 2.45) is 0 Å². The first kappa shape index (κ1) is 16.2. The molecule has 126 valence electrons. The van der Waals surface area contributed by atoms with Gasteiger partial charge in [-0.2, -0.15) is 0 Å². The highest BCUT2D eigenvalue weighted by Crippen LogP contribution is 2.26. The Hall–Kier alpha value is -2.63. The van der Waals surface area contributed by atoms with Gasteiger partial charge < -0.3 is 15.1 Å². The summed E-state index contributed by atoms with van der Waals surface area (Å²) in [6.45, 7) is 5.88. The number of anilines is 1. The van der Waals surface area contributed by atoms with Crippen LogP contribution in [0.4, 0.5) is 10.6 Å². The fraction of sp³-hybridized carbons (Fsp3) is 0.389. The lowest BCUT2D eigenvalue weighted by atomic mass is 10.0. The van der Waals surface area contributed by atoms with Crippen molar-refractivity contribution >= 4 is 22.8 Å². The van der Waals surface area contributed by atoms with Gasteiger partial charge in [-0.3, -0.25) is 0 Å². The van der Waals surface area contributed by atoms with Gasteiger partial charge in [-0.15, -0.1) is 6.58 Å². The van der Waals surface area contributed by atoms with Crippen LogP contribution in [0.3, 0.4) is 0 Å². The lowest BCUT2D eigenvalue weighted by Crippen LogP contribution is -2.49. The van der Waals surface area contributed by atoms with Crippen LogP contribution >= 0.6 is 0 Å². The molecule has 1 N–H and O–H groups in total. The lowest BCUT2D eigenvalue weighted by Gasteiger charge is -2.37. The monoisotopic (exact) mass is 325 g/mol. The van der Waals surface area contributed by atoms with Gasteiger partial charge in [-0.25, -0.2) is 14.8 Å². The average Bonchev–Trinajstić information content (AvgIpc) is 2.65. The standard InChI is InChI=1S/C18H23N5O/c1-3-10-19-18(24)22(2)14-8-11-23(12-9-14)17-15-6-4-5-7-16(15)20-13-21-17/h3-7,13-14H,1,8-12H2,2H3,(H,19,24). The zero-order valence-corrected chi connectivity index (χ0v) is 14.0. The Labute approximate surface area is 142 Å². The number of carbonyl (C=O) groups is 1.